The number of carbonyl (C=O) groups excluding carboxylic acids is 1. The molecule has 2 atom stereocenters. The highest BCUT2D eigenvalue weighted by atomic mass is 16.2. The van der Waals surface area contributed by atoms with E-state index in [0.29, 0.717) is 11.6 Å². The van der Waals surface area contributed by atoms with E-state index in [4.69, 9.17) is 5.73 Å². The number of piperidine rings is 1. The van der Waals surface area contributed by atoms with Gasteiger partial charge in [-0.2, -0.15) is 0 Å². The van der Waals surface area contributed by atoms with Gasteiger partial charge in [-0.25, -0.2) is 0 Å². The molecule has 0 radical (unpaired) electrons. The number of rotatable bonds is 3. The first-order chi connectivity index (χ1) is 9.49. The molecule has 1 aliphatic rings. The largest absolute Gasteiger partial charge is 0.398 e. The minimum atomic E-state index is -0.0985. The lowest BCUT2D eigenvalue weighted by Crippen LogP contribution is -2.46. The summed E-state index contributed by atoms with van der Waals surface area (Å²) < 4.78 is 0. The van der Waals surface area contributed by atoms with Crippen LogP contribution in [0.2, 0.25) is 0 Å². The van der Waals surface area contributed by atoms with E-state index in [9.17, 15) is 4.79 Å². The highest BCUT2D eigenvalue weighted by molar-refractivity contribution is 5.95. The second-order valence-corrected chi connectivity index (χ2v) is 5.93. The van der Waals surface area contributed by atoms with E-state index in [1.54, 1.807) is 0 Å². The van der Waals surface area contributed by atoms with Gasteiger partial charge in [0.25, 0.3) is 0 Å². The first-order valence-electron chi connectivity index (χ1n) is 7.39. The van der Waals surface area contributed by atoms with Crippen molar-refractivity contribution in [2.24, 2.45) is 5.92 Å². The number of benzene rings is 1. The van der Waals surface area contributed by atoms with Gasteiger partial charge >= 0.3 is 0 Å². The van der Waals surface area contributed by atoms with Crippen LogP contribution in [-0.4, -0.2) is 29.9 Å². The molecule has 2 rings (SSSR count). The number of nitrogens with zero attached hydrogens (tertiary/aromatic N) is 1. The Morgan fingerprint density at radius 2 is 2.25 bits per heavy atom. The van der Waals surface area contributed by atoms with Gasteiger partial charge in [0.2, 0.25) is 5.91 Å². The minimum absolute atomic E-state index is 0.0489. The van der Waals surface area contributed by atoms with Crippen LogP contribution in [0.15, 0.2) is 18.2 Å². The molecule has 4 nitrogen and oxygen atoms in total. The van der Waals surface area contributed by atoms with E-state index in [2.05, 4.69) is 17.1 Å². The maximum atomic E-state index is 12.4. The predicted octanol–water partition coefficient (Wildman–Crippen LogP) is 2.64. The third kappa shape index (κ3) is 3.31. The molecule has 0 bridgehead atoms. The molecule has 0 spiro atoms. The van der Waals surface area contributed by atoms with Crippen LogP contribution in [0, 0.1) is 12.8 Å². The molecule has 1 aromatic carbocycles. The van der Waals surface area contributed by atoms with Crippen LogP contribution in [0.1, 0.15) is 32.3 Å². The summed E-state index contributed by atoms with van der Waals surface area (Å²) in [4.78, 5) is 14.7. The van der Waals surface area contributed by atoms with Crippen molar-refractivity contribution in [1.82, 2.24) is 4.90 Å². The van der Waals surface area contributed by atoms with Gasteiger partial charge in [0.15, 0.2) is 0 Å². The molecule has 1 aromatic rings. The Bertz CT molecular complexity index is 487. The average Bonchev–Trinajstić information content (AvgIpc) is 2.43. The molecule has 1 saturated heterocycles. The highest BCUT2D eigenvalue weighted by Gasteiger charge is 2.25. The normalized spacial score (nSPS) is 21.4. The van der Waals surface area contributed by atoms with Crippen molar-refractivity contribution in [2.45, 2.75) is 39.7 Å². The summed E-state index contributed by atoms with van der Waals surface area (Å²) in [6.45, 7) is 8.17. The number of hydrogen-bond acceptors (Lipinski definition) is 3. The molecule has 1 heterocycles. The zero-order valence-corrected chi connectivity index (χ0v) is 12.6. The molecule has 0 saturated carbocycles. The van der Waals surface area contributed by atoms with E-state index >= 15 is 0 Å². The van der Waals surface area contributed by atoms with Crippen molar-refractivity contribution in [1.29, 1.82) is 0 Å². The van der Waals surface area contributed by atoms with Crippen LogP contribution >= 0.6 is 0 Å². The fourth-order valence-electron chi connectivity index (χ4n) is 2.77. The lowest BCUT2D eigenvalue weighted by Gasteiger charge is -2.34. The number of anilines is 2. The van der Waals surface area contributed by atoms with Crippen LogP contribution < -0.4 is 11.1 Å². The summed E-state index contributed by atoms with van der Waals surface area (Å²) in [6, 6.07) is 5.51. The van der Waals surface area contributed by atoms with Gasteiger partial charge in [-0.1, -0.05) is 13.0 Å². The van der Waals surface area contributed by atoms with Crippen LogP contribution in [0.5, 0.6) is 0 Å². The Labute approximate surface area is 121 Å². The molecule has 3 N–H and O–H groups in total. The molecule has 1 amide bonds. The highest BCUT2D eigenvalue weighted by Crippen LogP contribution is 2.22. The summed E-state index contributed by atoms with van der Waals surface area (Å²) in [5, 5.41) is 3.00. The van der Waals surface area contributed by atoms with E-state index in [-0.39, 0.29) is 11.9 Å². The summed E-state index contributed by atoms with van der Waals surface area (Å²) in [5.74, 6) is 0.723. The van der Waals surface area contributed by atoms with Crippen molar-refractivity contribution in [3.63, 3.8) is 0 Å². The summed E-state index contributed by atoms with van der Waals surface area (Å²) in [5.41, 5.74) is 8.32. The van der Waals surface area contributed by atoms with Crippen LogP contribution in [-0.2, 0) is 4.79 Å². The fraction of sp³-hybridized carbons (Fsp3) is 0.562. The average molecular weight is 275 g/mol. The molecule has 110 valence electrons. The molecule has 0 aliphatic carbocycles. The zero-order chi connectivity index (χ0) is 14.7. The number of hydrogen-bond donors (Lipinski definition) is 2. The Morgan fingerprint density at radius 3 is 2.95 bits per heavy atom. The molecule has 0 aromatic heterocycles. The fourth-order valence-corrected chi connectivity index (χ4v) is 2.77. The van der Waals surface area contributed by atoms with E-state index in [1.807, 2.05) is 32.0 Å². The van der Waals surface area contributed by atoms with Crippen molar-refractivity contribution >= 4 is 17.3 Å². The van der Waals surface area contributed by atoms with Gasteiger partial charge in [-0.15, -0.1) is 0 Å². The smallest absolute Gasteiger partial charge is 0.241 e. The van der Waals surface area contributed by atoms with Gasteiger partial charge in [-0.05, 0) is 56.8 Å². The second kappa shape index (κ2) is 6.27. The van der Waals surface area contributed by atoms with Gasteiger partial charge < -0.3 is 11.1 Å². The number of nitrogen functional groups attached to an aromatic ring is 1. The van der Waals surface area contributed by atoms with Crippen molar-refractivity contribution < 1.29 is 4.79 Å². The molecular weight excluding hydrogens is 250 g/mol. The third-order valence-electron chi connectivity index (χ3n) is 4.25. The second-order valence-electron chi connectivity index (χ2n) is 5.93. The Kier molecular flexibility index (Phi) is 4.65. The van der Waals surface area contributed by atoms with Crippen LogP contribution in [0.4, 0.5) is 11.4 Å². The molecule has 2 unspecified atom stereocenters. The number of likely N-dealkylation sites (tertiary alicyclic amines) is 1. The summed E-state index contributed by atoms with van der Waals surface area (Å²) >= 11 is 0. The lowest BCUT2D eigenvalue weighted by molar-refractivity contribution is -0.121. The Morgan fingerprint density at radius 1 is 1.50 bits per heavy atom. The molecule has 1 fully saturated rings. The van der Waals surface area contributed by atoms with Gasteiger partial charge in [-0.3, -0.25) is 9.69 Å². The van der Waals surface area contributed by atoms with Gasteiger partial charge in [0.1, 0.15) is 0 Å². The monoisotopic (exact) mass is 275 g/mol. The van der Waals surface area contributed by atoms with E-state index < -0.39 is 0 Å². The first kappa shape index (κ1) is 14.9. The summed E-state index contributed by atoms with van der Waals surface area (Å²) in [7, 11) is 0. The number of nitrogens with two attached hydrogens (primary N) is 1. The topological polar surface area (TPSA) is 58.4 Å². The maximum absolute atomic E-state index is 12.4. The van der Waals surface area contributed by atoms with Gasteiger partial charge in [0.05, 0.1) is 6.04 Å². The number of amides is 1. The first-order valence-corrected chi connectivity index (χ1v) is 7.39. The number of carbonyl (C=O) groups is 1. The van der Waals surface area contributed by atoms with E-state index in [1.165, 1.54) is 12.8 Å². The minimum Gasteiger partial charge on any atom is -0.398 e. The molecular formula is C16H25N3O. The third-order valence-corrected chi connectivity index (χ3v) is 4.25. The maximum Gasteiger partial charge on any atom is 0.241 e. The van der Waals surface area contributed by atoms with Crippen molar-refractivity contribution in [2.75, 3.05) is 24.1 Å². The molecule has 20 heavy (non-hydrogen) atoms. The molecule has 4 heteroatoms. The SMILES string of the molecule is Cc1c(N)cccc1NC(=O)C(C)N1CCCC(C)C1. The Balaban J connectivity index is 2.02. The van der Waals surface area contributed by atoms with Crippen molar-refractivity contribution in [3.05, 3.63) is 23.8 Å². The van der Waals surface area contributed by atoms with E-state index in [0.717, 1.165) is 24.3 Å². The quantitative estimate of drug-likeness (QED) is 0.834. The lowest BCUT2D eigenvalue weighted by atomic mass is 9.99. The molecule has 1 aliphatic heterocycles. The Hall–Kier alpha value is -1.55. The predicted molar refractivity (Wildman–Crippen MR) is 83.7 cm³/mol. The van der Waals surface area contributed by atoms with Crippen molar-refractivity contribution in [3.8, 4) is 0 Å². The summed E-state index contributed by atoms with van der Waals surface area (Å²) in [6.07, 6.45) is 2.44. The zero-order valence-electron chi connectivity index (χ0n) is 12.6. The number of nitrogens with one attached hydrogen (secondary N) is 1. The van der Waals surface area contributed by atoms with Crippen LogP contribution in [0.3, 0.4) is 0 Å². The standard InChI is InChI=1S/C16H25N3O/c1-11-6-5-9-19(10-11)13(3)16(20)18-15-8-4-7-14(17)12(15)2/h4,7-8,11,13H,5-6,9-10,17H2,1-3H3,(H,18,20). The van der Waals surface area contributed by atoms with Gasteiger partial charge in [0, 0.05) is 17.9 Å². The van der Waals surface area contributed by atoms with Crippen LogP contribution in [0.25, 0.3) is 0 Å².